The van der Waals surface area contributed by atoms with Crippen molar-refractivity contribution in [2.75, 3.05) is 19.6 Å². The summed E-state index contributed by atoms with van der Waals surface area (Å²) in [5.74, 6) is 0.109. The van der Waals surface area contributed by atoms with Crippen molar-refractivity contribution in [3.63, 3.8) is 0 Å². The second-order valence-electron chi connectivity index (χ2n) is 5.38. The standard InChI is InChI=1S/C16H23ClN2OS/c1-3-19-10-4-5-14(19)11-18-16(20)12(2)21-15-8-6-13(17)7-9-15/h6-9,12,14H,3-5,10-11H2,1-2H3,(H,18,20). The van der Waals surface area contributed by atoms with Gasteiger partial charge in [0, 0.05) is 22.5 Å². The number of nitrogens with one attached hydrogen (secondary N) is 1. The Morgan fingerprint density at radius 2 is 2.19 bits per heavy atom. The molecule has 0 bridgehead atoms. The van der Waals surface area contributed by atoms with E-state index < -0.39 is 0 Å². The minimum atomic E-state index is -0.0948. The normalized spacial score (nSPS) is 20.4. The van der Waals surface area contributed by atoms with Gasteiger partial charge in [0.05, 0.1) is 5.25 Å². The molecule has 1 fully saturated rings. The number of benzene rings is 1. The first kappa shape index (κ1) is 16.7. The van der Waals surface area contributed by atoms with E-state index in [-0.39, 0.29) is 11.2 Å². The van der Waals surface area contributed by atoms with Gasteiger partial charge in [-0.2, -0.15) is 0 Å². The van der Waals surface area contributed by atoms with Gasteiger partial charge in [-0.05, 0) is 57.1 Å². The van der Waals surface area contributed by atoms with Gasteiger partial charge in [-0.3, -0.25) is 9.69 Å². The number of halogens is 1. The van der Waals surface area contributed by atoms with Crippen LogP contribution in [0.15, 0.2) is 29.2 Å². The number of hydrogen-bond acceptors (Lipinski definition) is 3. The van der Waals surface area contributed by atoms with Crippen LogP contribution < -0.4 is 5.32 Å². The number of likely N-dealkylation sites (N-methyl/N-ethyl adjacent to an activating group) is 1. The molecule has 0 aromatic heterocycles. The average molecular weight is 327 g/mol. The maximum Gasteiger partial charge on any atom is 0.233 e. The van der Waals surface area contributed by atoms with Crippen LogP contribution in [0.1, 0.15) is 26.7 Å². The van der Waals surface area contributed by atoms with E-state index in [0.29, 0.717) is 6.04 Å². The largest absolute Gasteiger partial charge is 0.354 e. The molecule has 2 unspecified atom stereocenters. The minimum Gasteiger partial charge on any atom is -0.354 e. The third-order valence-corrected chi connectivity index (χ3v) is 5.28. The van der Waals surface area contributed by atoms with Crippen molar-refractivity contribution < 1.29 is 4.79 Å². The quantitative estimate of drug-likeness (QED) is 0.813. The Kier molecular flexibility index (Phi) is 6.40. The van der Waals surface area contributed by atoms with Gasteiger partial charge >= 0.3 is 0 Å². The molecular weight excluding hydrogens is 304 g/mol. The summed E-state index contributed by atoms with van der Waals surface area (Å²) < 4.78 is 0. The molecule has 21 heavy (non-hydrogen) atoms. The van der Waals surface area contributed by atoms with E-state index in [1.807, 2.05) is 31.2 Å². The minimum absolute atomic E-state index is 0.0948. The molecule has 1 aromatic rings. The highest BCUT2D eigenvalue weighted by Gasteiger charge is 2.24. The fourth-order valence-corrected chi connectivity index (χ4v) is 3.69. The molecule has 1 aromatic carbocycles. The van der Waals surface area contributed by atoms with Crippen LogP contribution in [0.2, 0.25) is 5.02 Å². The van der Waals surface area contributed by atoms with Gasteiger partial charge in [-0.1, -0.05) is 18.5 Å². The van der Waals surface area contributed by atoms with Gasteiger partial charge in [0.2, 0.25) is 5.91 Å². The van der Waals surface area contributed by atoms with Crippen molar-refractivity contribution in [2.45, 2.75) is 42.9 Å². The third kappa shape index (κ3) is 4.90. The molecule has 0 saturated carbocycles. The van der Waals surface area contributed by atoms with Crippen LogP contribution >= 0.6 is 23.4 Å². The first-order chi connectivity index (χ1) is 10.1. The Balaban J connectivity index is 1.78. The fraction of sp³-hybridized carbons (Fsp3) is 0.562. The zero-order valence-electron chi connectivity index (χ0n) is 12.6. The summed E-state index contributed by atoms with van der Waals surface area (Å²) in [5.41, 5.74) is 0. The number of thioether (sulfide) groups is 1. The van der Waals surface area contributed by atoms with Crippen molar-refractivity contribution in [1.82, 2.24) is 10.2 Å². The summed E-state index contributed by atoms with van der Waals surface area (Å²) in [5, 5.41) is 3.72. The zero-order valence-corrected chi connectivity index (χ0v) is 14.2. The Morgan fingerprint density at radius 1 is 1.48 bits per heavy atom. The predicted octanol–water partition coefficient (Wildman–Crippen LogP) is 3.42. The highest BCUT2D eigenvalue weighted by atomic mass is 35.5. The number of nitrogens with zero attached hydrogens (tertiary/aromatic N) is 1. The number of hydrogen-bond donors (Lipinski definition) is 1. The van der Waals surface area contributed by atoms with Crippen LogP contribution in [-0.4, -0.2) is 41.7 Å². The van der Waals surface area contributed by atoms with Crippen molar-refractivity contribution >= 4 is 29.3 Å². The molecule has 116 valence electrons. The van der Waals surface area contributed by atoms with Gasteiger partial charge in [0.15, 0.2) is 0 Å². The molecule has 1 saturated heterocycles. The Hall–Kier alpha value is -0.710. The molecule has 3 nitrogen and oxygen atoms in total. The number of amides is 1. The van der Waals surface area contributed by atoms with Crippen LogP contribution in [0.5, 0.6) is 0 Å². The third-order valence-electron chi connectivity index (χ3n) is 3.91. The second-order valence-corrected chi connectivity index (χ2v) is 7.23. The summed E-state index contributed by atoms with van der Waals surface area (Å²) >= 11 is 7.43. The molecule has 0 radical (unpaired) electrons. The molecule has 1 N–H and O–H groups in total. The molecule has 0 aliphatic carbocycles. The van der Waals surface area contributed by atoms with E-state index >= 15 is 0 Å². The first-order valence-electron chi connectivity index (χ1n) is 7.54. The van der Waals surface area contributed by atoms with Gasteiger partial charge in [-0.25, -0.2) is 0 Å². The first-order valence-corrected chi connectivity index (χ1v) is 8.80. The van der Waals surface area contributed by atoms with E-state index in [9.17, 15) is 4.79 Å². The molecule has 0 spiro atoms. The number of likely N-dealkylation sites (tertiary alicyclic amines) is 1. The molecule has 1 heterocycles. The monoisotopic (exact) mass is 326 g/mol. The smallest absolute Gasteiger partial charge is 0.233 e. The second kappa shape index (κ2) is 8.06. The predicted molar refractivity (Wildman–Crippen MR) is 90.0 cm³/mol. The molecule has 2 rings (SSSR count). The lowest BCUT2D eigenvalue weighted by molar-refractivity contribution is -0.120. The number of carbonyl (C=O) groups is 1. The van der Waals surface area contributed by atoms with Crippen molar-refractivity contribution in [3.05, 3.63) is 29.3 Å². The molecule has 1 amide bonds. The van der Waals surface area contributed by atoms with Gasteiger partial charge in [0.1, 0.15) is 0 Å². The van der Waals surface area contributed by atoms with Crippen molar-refractivity contribution in [1.29, 1.82) is 0 Å². The molecular formula is C16H23ClN2OS. The lowest BCUT2D eigenvalue weighted by Crippen LogP contribution is -2.42. The molecule has 1 aliphatic rings. The topological polar surface area (TPSA) is 32.3 Å². The summed E-state index contributed by atoms with van der Waals surface area (Å²) in [6.07, 6.45) is 2.43. The van der Waals surface area contributed by atoms with Crippen molar-refractivity contribution in [3.8, 4) is 0 Å². The lowest BCUT2D eigenvalue weighted by atomic mass is 10.2. The Morgan fingerprint density at radius 3 is 2.86 bits per heavy atom. The van der Waals surface area contributed by atoms with E-state index in [0.717, 1.165) is 29.6 Å². The summed E-state index contributed by atoms with van der Waals surface area (Å²) in [7, 11) is 0. The highest BCUT2D eigenvalue weighted by molar-refractivity contribution is 8.00. The lowest BCUT2D eigenvalue weighted by Gasteiger charge is -2.23. The summed E-state index contributed by atoms with van der Waals surface area (Å²) in [4.78, 5) is 15.7. The summed E-state index contributed by atoms with van der Waals surface area (Å²) in [6.45, 7) is 7.11. The maximum absolute atomic E-state index is 12.2. The van der Waals surface area contributed by atoms with Crippen LogP contribution in [0.25, 0.3) is 0 Å². The number of carbonyl (C=O) groups excluding carboxylic acids is 1. The van der Waals surface area contributed by atoms with Gasteiger partial charge < -0.3 is 5.32 Å². The van der Waals surface area contributed by atoms with Crippen LogP contribution in [0.4, 0.5) is 0 Å². The van der Waals surface area contributed by atoms with E-state index in [1.165, 1.54) is 12.8 Å². The fourth-order valence-electron chi connectivity index (χ4n) is 2.68. The van der Waals surface area contributed by atoms with Gasteiger partial charge in [0.25, 0.3) is 0 Å². The Bertz CT molecular complexity index is 466. The van der Waals surface area contributed by atoms with Gasteiger partial charge in [-0.15, -0.1) is 11.8 Å². The molecule has 5 heteroatoms. The Labute approximate surface area is 136 Å². The van der Waals surface area contributed by atoms with E-state index in [1.54, 1.807) is 11.8 Å². The zero-order chi connectivity index (χ0) is 15.2. The molecule has 2 atom stereocenters. The van der Waals surface area contributed by atoms with E-state index in [2.05, 4.69) is 17.1 Å². The highest BCUT2D eigenvalue weighted by Crippen LogP contribution is 2.25. The van der Waals surface area contributed by atoms with Crippen LogP contribution in [-0.2, 0) is 4.79 Å². The van der Waals surface area contributed by atoms with E-state index in [4.69, 9.17) is 11.6 Å². The maximum atomic E-state index is 12.2. The number of rotatable bonds is 6. The van der Waals surface area contributed by atoms with Crippen LogP contribution in [0.3, 0.4) is 0 Å². The summed E-state index contributed by atoms with van der Waals surface area (Å²) in [6, 6.07) is 8.11. The average Bonchev–Trinajstić information content (AvgIpc) is 2.94. The SMILES string of the molecule is CCN1CCCC1CNC(=O)C(C)Sc1ccc(Cl)cc1. The van der Waals surface area contributed by atoms with Crippen molar-refractivity contribution in [2.24, 2.45) is 0 Å². The van der Waals surface area contributed by atoms with Crippen LogP contribution in [0, 0.1) is 0 Å². The molecule has 1 aliphatic heterocycles.